The van der Waals surface area contributed by atoms with E-state index in [0.717, 1.165) is 29.4 Å². The fraction of sp³-hybridized carbons (Fsp3) is 0.214. The number of imidazole rings is 1. The SMILES string of the molecule is OCc1c(N2CCc3ccccc32)nc2sccn12. The summed E-state index contributed by atoms with van der Waals surface area (Å²) >= 11 is 1.59. The summed E-state index contributed by atoms with van der Waals surface area (Å²) in [7, 11) is 0. The second-order valence-electron chi connectivity index (χ2n) is 4.63. The summed E-state index contributed by atoms with van der Waals surface area (Å²) in [6.45, 7) is 0.934. The molecule has 1 aliphatic rings. The number of hydrogen-bond acceptors (Lipinski definition) is 4. The smallest absolute Gasteiger partial charge is 0.195 e. The summed E-state index contributed by atoms with van der Waals surface area (Å²) < 4.78 is 1.97. The summed E-state index contributed by atoms with van der Waals surface area (Å²) in [5, 5.41) is 11.6. The van der Waals surface area contributed by atoms with Gasteiger partial charge in [0.15, 0.2) is 10.8 Å². The molecule has 3 heterocycles. The van der Waals surface area contributed by atoms with Crippen molar-refractivity contribution in [1.82, 2.24) is 9.38 Å². The van der Waals surface area contributed by atoms with E-state index in [1.54, 1.807) is 11.3 Å². The van der Waals surface area contributed by atoms with Crippen LogP contribution < -0.4 is 4.90 Å². The lowest BCUT2D eigenvalue weighted by Crippen LogP contribution is -2.15. The minimum absolute atomic E-state index is 0.00585. The molecule has 1 aliphatic heterocycles. The van der Waals surface area contributed by atoms with Crippen LogP contribution in [0.25, 0.3) is 4.96 Å². The number of benzene rings is 1. The summed E-state index contributed by atoms with van der Waals surface area (Å²) in [4.78, 5) is 7.81. The standard InChI is InChI=1S/C14H13N3OS/c18-9-12-13(15-14-17(12)7-8-19-14)16-6-5-10-3-1-2-4-11(10)16/h1-4,7-8,18H,5-6,9H2. The molecular weight excluding hydrogens is 258 g/mol. The van der Waals surface area contributed by atoms with E-state index in [1.165, 1.54) is 11.3 Å². The molecule has 19 heavy (non-hydrogen) atoms. The van der Waals surface area contributed by atoms with E-state index in [9.17, 15) is 5.11 Å². The van der Waals surface area contributed by atoms with Crippen molar-refractivity contribution in [2.75, 3.05) is 11.4 Å². The molecule has 0 amide bonds. The van der Waals surface area contributed by atoms with Gasteiger partial charge in [-0.25, -0.2) is 4.98 Å². The van der Waals surface area contributed by atoms with Crippen LogP contribution in [0.4, 0.5) is 11.5 Å². The number of hydrogen-bond donors (Lipinski definition) is 1. The molecule has 1 N–H and O–H groups in total. The second-order valence-corrected chi connectivity index (χ2v) is 5.50. The topological polar surface area (TPSA) is 40.8 Å². The van der Waals surface area contributed by atoms with Crippen molar-refractivity contribution < 1.29 is 5.11 Å². The van der Waals surface area contributed by atoms with E-state index in [4.69, 9.17) is 0 Å². The fourth-order valence-electron chi connectivity index (χ4n) is 2.74. The highest BCUT2D eigenvalue weighted by Gasteiger charge is 2.25. The minimum Gasteiger partial charge on any atom is -0.390 e. The highest BCUT2D eigenvalue weighted by molar-refractivity contribution is 7.15. The molecule has 0 radical (unpaired) electrons. The first-order valence-corrected chi connectivity index (χ1v) is 7.17. The van der Waals surface area contributed by atoms with E-state index in [-0.39, 0.29) is 6.61 Å². The van der Waals surface area contributed by atoms with Crippen LogP contribution in [-0.2, 0) is 13.0 Å². The number of aliphatic hydroxyl groups excluding tert-OH is 1. The van der Waals surface area contributed by atoms with Crippen LogP contribution in [0, 0.1) is 0 Å². The van der Waals surface area contributed by atoms with Gasteiger partial charge in [0.25, 0.3) is 0 Å². The number of rotatable bonds is 2. The van der Waals surface area contributed by atoms with Gasteiger partial charge in [0, 0.05) is 23.8 Å². The molecule has 0 fully saturated rings. The van der Waals surface area contributed by atoms with Crippen molar-refractivity contribution in [1.29, 1.82) is 0 Å². The Kier molecular flexibility index (Phi) is 2.36. The maximum atomic E-state index is 9.65. The Morgan fingerprint density at radius 3 is 3.11 bits per heavy atom. The normalized spacial score (nSPS) is 14.3. The minimum atomic E-state index is 0.00585. The average Bonchev–Trinajstić information content (AvgIpc) is 3.11. The molecule has 96 valence electrons. The molecule has 1 aromatic carbocycles. The molecule has 2 aromatic heterocycles. The quantitative estimate of drug-likeness (QED) is 0.779. The highest BCUT2D eigenvalue weighted by Crippen LogP contribution is 2.36. The van der Waals surface area contributed by atoms with E-state index in [0.29, 0.717) is 0 Å². The zero-order valence-electron chi connectivity index (χ0n) is 10.3. The molecule has 0 bridgehead atoms. The number of aromatic nitrogens is 2. The number of fused-ring (bicyclic) bond motifs is 2. The molecular formula is C14H13N3OS. The summed E-state index contributed by atoms with van der Waals surface area (Å²) in [5.74, 6) is 0.888. The summed E-state index contributed by atoms with van der Waals surface area (Å²) in [5.41, 5.74) is 3.43. The highest BCUT2D eigenvalue weighted by atomic mass is 32.1. The molecule has 0 saturated heterocycles. The first-order chi connectivity index (χ1) is 9.38. The van der Waals surface area contributed by atoms with Crippen LogP contribution in [0.1, 0.15) is 11.3 Å². The molecule has 0 unspecified atom stereocenters. The van der Waals surface area contributed by atoms with Gasteiger partial charge in [-0.15, -0.1) is 11.3 Å². The zero-order chi connectivity index (χ0) is 12.8. The molecule has 5 heteroatoms. The molecule has 4 nitrogen and oxygen atoms in total. The van der Waals surface area contributed by atoms with Gasteiger partial charge in [0.1, 0.15) is 0 Å². The predicted molar refractivity (Wildman–Crippen MR) is 76.1 cm³/mol. The van der Waals surface area contributed by atoms with Gasteiger partial charge < -0.3 is 10.0 Å². The van der Waals surface area contributed by atoms with Crippen LogP contribution in [-0.4, -0.2) is 21.0 Å². The maximum absolute atomic E-state index is 9.65. The third kappa shape index (κ3) is 1.52. The monoisotopic (exact) mass is 271 g/mol. The Morgan fingerprint density at radius 2 is 2.21 bits per heavy atom. The number of thiazole rings is 1. The van der Waals surface area contributed by atoms with Gasteiger partial charge in [0.05, 0.1) is 12.3 Å². The molecule has 4 rings (SSSR count). The van der Waals surface area contributed by atoms with Gasteiger partial charge in [0.2, 0.25) is 0 Å². The molecule has 0 atom stereocenters. The number of anilines is 2. The first kappa shape index (κ1) is 11.0. The fourth-order valence-corrected chi connectivity index (χ4v) is 3.47. The van der Waals surface area contributed by atoms with E-state index in [2.05, 4.69) is 28.1 Å². The number of para-hydroxylation sites is 1. The lowest BCUT2D eigenvalue weighted by Gasteiger charge is -2.17. The van der Waals surface area contributed by atoms with Crippen molar-refractivity contribution in [2.24, 2.45) is 0 Å². The van der Waals surface area contributed by atoms with E-state index >= 15 is 0 Å². The van der Waals surface area contributed by atoms with Crippen LogP contribution in [0.2, 0.25) is 0 Å². The van der Waals surface area contributed by atoms with Crippen molar-refractivity contribution in [2.45, 2.75) is 13.0 Å². The third-order valence-corrected chi connectivity index (χ3v) is 4.39. The Bertz CT molecular complexity index is 746. The van der Waals surface area contributed by atoms with Gasteiger partial charge >= 0.3 is 0 Å². The summed E-state index contributed by atoms with van der Waals surface area (Å²) in [6, 6.07) is 8.40. The number of nitrogens with zero attached hydrogens (tertiary/aromatic N) is 3. The lowest BCUT2D eigenvalue weighted by molar-refractivity contribution is 0.276. The maximum Gasteiger partial charge on any atom is 0.195 e. The van der Waals surface area contributed by atoms with Crippen LogP contribution in [0.15, 0.2) is 35.8 Å². The van der Waals surface area contributed by atoms with Crippen molar-refractivity contribution >= 4 is 27.8 Å². The Labute approximate surface area is 114 Å². The Morgan fingerprint density at radius 1 is 1.32 bits per heavy atom. The summed E-state index contributed by atoms with van der Waals surface area (Å²) in [6.07, 6.45) is 3.00. The van der Waals surface area contributed by atoms with Crippen molar-refractivity contribution in [3.8, 4) is 0 Å². The third-order valence-electron chi connectivity index (χ3n) is 3.63. The van der Waals surface area contributed by atoms with E-state index in [1.807, 2.05) is 22.0 Å². The predicted octanol–water partition coefficient (Wildman–Crippen LogP) is 2.58. The number of aliphatic hydroxyl groups is 1. The molecule has 0 spiro atoms. The Balaban J connectivity index is 1.89. The van der Waals surface area contributed by atoms with Gasteiger partial charge in [-0.05, 0) is 18.1 Å². The first-order valence-electron chi connectivity index (χ1n) is 6.29. The van der Waals surface area contributed by atoms with Crippen LogP contribution in [0.3, 0.4) is 0 Å². The van der Waals surface area contributed by atoms with Crippen LogP contribution >= 0.6 is 11.3 Å². The second kappa shape index (κ2) is 4.08. The van der Waals surface area contributed by atoms with Crippen LogP contribution in [0.5, 0.6) is 0 Å². The molecule has 3 aromatic rings. The zero-order valence-corrected chi connectivity index (χ0v) is 11.1. The van der Waals surface area contributed by atoms with Crippen molar-refractivity contribution in [3.63, 3.8) is 0 Å². The lowest BCUT2D eigenvalue weighted by atomic mass is 10.2. The van der Waals surface area contributed by atoms with E-state index < -0.39 is 0 Å². The molecule has 0 saturated carbocycles. The van der Waals surface area contributed by atoms with Gasteiger partial charge in [-0.2, -0.15) is 0 Å². The average molecular weight is 271 g/mol. The largest absolute Gasteiger partial charge is 0.390 e. The van der Waals surface area contributed by atoms with Gasteiger partial charge in [-0.3, -0.25) is 4.40 Å². The Hall–Kier alpha value is -1.85. The molecule has 0 aliphatic carbocycles. The van der Waals surface area contributed by atoms with Crippen molar-refractivity contribution in [3.05, 3.63) is 47.1 Å². The van der Waals surface area contributed by atoms with Gasteiger partial charge in [-0.1, -0.05) is 18.2 Å².